The van der Waals surface area contributed by atoms with Crippen LogP contribution in [-0.2, 0) is 19.3 Å². The van der Waals surface area contributed by atoms with Crippen molar-refractivity contribution >= 4 is 33.1 Å². The fraction of sp³-hybridized carbons (Fsp3) is 0.280. The van der Waals surface area contributed by atoms with Crippen LogP contribution in [0.2, 0.25) is 0 Å². The Labute approximate surface area is 219 Å². The molecule has 0 unspecified atom stereocenters. The molecule has 0 saturated carbocycles. The van der Waals surface area contributed by atoms with Crippen LogP contribution in [0.1, 0.15) is 18.9 Å². The molecule has 1 aliphatic heterocycles. The van der Waals surface area contributed by atoms with Crippen LogP contribution >= 0.6 is 0 Å². The zero-order valence-electron chi connectivity index (χ0n) is 20.6. The first-order chi connectivity index (χ1) is 18.3. The van der Waals surface area contributed by atoms with E-state index in [0.717, 1.165) is 17.7 Å². The molecule has 4 aromatic rings. The molecule has 12 nitrogen and oxygen atoms in total. The van der Waals surface area contributed by atoms with Crippen LogP contribution in [0.4, 0.5) is 5.82 Å². The maximum absolute atomic E-state index is 12.7. The molecule has 1 atom stereocenters. The molecule has 3 heterocycles. The number of nitrogens with one attached hydrogen (secondary N) is 1. The lowest BCUT2D eigenvalue weighted by molar-refractivity contribution is -0.135. The van der Waals surface area contributed by atoms with E-state index in [1.54, 1.807) is 9.58 Å². The summed E-state index contributed by atoms with van der Waals surface area (Å²) in [5.41, 5.74) is 8.26. The lowest BCUT2D eigenvalue weighted by Gasteiger charge is -2.32. The zero-order valence-corrected chi connectivity index (χ0v) is 21.5. The molecule has 5 rings (SSSR count). The lowest BCUT2D eigenvalue weighted by atomic mass is 10.1. The van der Waals surface area contributed by atoms with Crippen molar-refractivity contribution < 1.29 is 22.1 Å². The SMILES string of the molecule is CNS(=O)(=O)OCC(=O)N1CCC[C@@H](n2nc(-c3ccc(Oc4ccccc4)cc3)c3c(N)ncnc32)C1. The predicted molar refractivity (Wildman–Crippen MR) is 140 cm³/mol. The highest BCUT2D eigenvalue weighted by molar-refractivity contribution is 7.84. The third-order valence-electron chi connectivity index (χ3n) is 6.31. The summed E-state index contributed by atoms with van der Waals surface area (Å²) < 4.78 is 37.5. The highest BCUT2D eigenvalue weighted by Gasteiger charge is 2.29. The normalized spacial score (nSPS) is 16.0. The van der Waals surface area contributed by atoms with Gasteiger partial charge in [0, 0.05) is 25.7 Å². The van der Waals surface area contributed by atoms with Gasteiger partial charge in [0.1, 0.15) is 35.9 Å². The molecule has 198 valence electrons. The van der Waals surface area contributed by atoms with Crippen molar-refractivity contribution in [1.29, 1.82) is 0 Å². The number of hydrogen-bond acceptors (Lipinski definition) is 9. The van der Waals surface area contributed by atoms with Gasteiger partial charge in [0.05, 0.1) is 11.4 Å². The van der Waals surface area contributed by atoms with Gasteiger partial charge in [-0.25, -0.2) is 18.8 Å². The third kappa shape index (κ3) is 5.44. The highest BCUT2D eigenvalue weighted by atomic mass is 32.2. The number of para-hydroxylation sites is 1. The van der Waals surface area contributed by atoms with E-state index in [0.29, 0.717) is 47.8 Å². The fourth-order valence-corrected chi connectivity index (χ4v) is 4.79. The second-order valence-corrected chi connectivity index (χ2v) is 10.3. The number of nitrogen functional groups attached to an aromatic ring is 1. The standard InChI is InChI=1S/C25H27N7O5S/c1-27-38(34,35)36-15-21(33)31-13-5-6-18(14-31)32-25-22(24(26)28-16-29-25)23(30-32)17-9-11-20(12-10-17)37-19-7-3-2-4-8-19/h2-4,7-12,16,18,27H,5-6,13-15H2,1H3,(H2,26,28,29)/t18-/m1/s1. The summed E-state index contributed by atoms with van der Waals surface area (Å²) in [7, 11) is -2.74. The summed E-state index contributed by atoms with van der Waals surface area (Å²) in [6, 6.07) is 16.8. The number of carbonyl (C=O) groups is 1. The van der Waals surface area contributed by atoms with E-state index in [1.165, 1.54) is 13.4 Å². The smallest absolute Gasteiger partial charge is 0.336 e. The third-order valence-corrected chi connectivity index (χ3v) is 7.24. The number of anilines is 1. The first-order valence-corrected chi connectivity index (χ1v) is 13.4. The number of hydrogen-bond donors (Lipinski definition) is 2. The molecule has 3 N–H and O–H groups in total. The lowest BCUT2D eigenvalue weighted by Crippen LogP contribution is -2.43. The molecule has 1 saturated heterocycles. The Morgan fingerprint density at radius 1 is 1.11 bits per heavy atom. The number of carbonyl (C=O) groups excluding carboxylic acids is 1. The first-order valence-electron chi connectivity index (χ1n) is 12.0. The number of benzene rings is 2. The Morgan fingerprint density at radius 2 is 1.84 bits per heavy atom. The molecule has 0 spiro atoms. The number of nitrogens with zero attached hydrogens (tertiary/aromatic N) is 5. The highest BCUT2D eigenvalue weighted by Crippen LogP contribution is 2.34. The number of rotatable bonds is 8. The van der Waals surface area contributed by atoms with Crippen LogP contribution in [0, 0.1) is 0 Å². The number of aromatic nitrogens is 4. The second-order valence-electron chi connectivity index (χ2n) is 8.75. The molecular weight excluding hydrogens is 510 g/mol. The van der Waals surface area contributed by atoms with Crippen LogP contribution in [0.5, 0.6) is 11.5 Å². The first kappa shape index (κ1) is 25.6. The van der Waals surface area contributed by atoms with Gasteiger partial charge in [0.2, 0.25) is 5.91 Å². The van der Waals surface area contributed by atoms with Crippen LogP contribution < -0.4 is 15.2 Å². The van der Waals surface area contributed by atoms with E-state index >= 15 is 0 Å². The molecule has 2 aromatic carbocycles. The molecular formula is C25H27N7O5S. The van der Waals surface area contributed by atoms with Gasteiger partial charge in [-0.2, -0.15) is 18.2 Å². The van der Waals surface area contributed by atoms with Crippen LogP contribution in [0.25, 0.3) is 22.3 Å². The van der Waals surface area contributed by atoms with Crippen molar-refractivity contribution in [3.63, 3.8) is 0 Å². The Morgan fingerprint density at radius 3 is 2.58 bits per heavy atom. The van der Waals surface area contributed by atoms with Gasteiger partial charge < -0.3 is 15.4 Å². The van der Waals surface area contributed by atoms with E-state index in [1.807, 2.05) is 59.3 Å². The summed E-state index contributed by atoms with van der Waals surface area (Å²) >= 11 is 0. The molecule has 38 heavy (non-hydrogen) atoms. The summed E-state index contributed by atoms with van der Waals surface area (Å²) in [6.45, 7) is 0.240. The van der Waals surface area contributed by atoms with Gasteiger partial charge >= 0.3 is 10.3 Å². The Balaban J connectivity index is 1.41. The van der Waals surface area contributed by atoms with E-state index < -0.39 is 22.8 Å². The predicted octanol–water partition coefficient (Wildman–Crippen LogP) is 2.51. The van der Waals surface area contributed by atoms with E-state index in [9.17, 15) is 13.2 Å². The van der Waals surface area contributed by atoms with Gasteiger partial charge in [-0.15, -0.1) is 0 Å². The molecule has 0 radical (unpaired) electrons. The maximum Gasteiger partial charge on any atom is 0.336 e. The fourth-order valence-electron chi connectivity index (χ4n) is 4.42. The number of likely N-dealkylation sites (tertiary alicyclic amines) is 1. The molecule has 2 aromatic heterocycles. The number of piperidine rings is 1. The van der Waals surface area contributed by atoms with Crippen molar-refractivity contribution in [2.75, 3.05) is 32.5 Å². The topological polar surface area (TPSA) is 155 Å². The van der Waals surface area contributed by atoms with Crippen molar-refractivity contribution in [2.45, 2.75) is 18.9 Å². The molecule has 1 amide bonds. The number of ether oxygens (including phenoxy) is 1. The molecule has 0 bridgehead atoms. The van der Waals surface area contributed by atoms with Crippen LogP contribution in [0.15, 0.2) is 60.9 Å². The van der Waals surface area contributed by atoms with Gasteiger partial charge in [-0.1, -0.05) is 18.2 Å². The van der Waals surface area contributed by atoms with Crippen LogP contribution in [0.3, 0.4) is 0 Å². The van der Waals surface area contributed by atoms with Crippen molar-refractivity contribution in [2.24, 2.45) is 0 Å². The Bertz CT molecular complexity index is 1540. The summed E-state index contributed by atoms with van der Waals surface area (Å²) in [4.78, 5) is 22.9. The molecule has 1 aliphatic rings. The average Bonchev–Trinajstić information content (AvgIpc) is 3.34. The van der Waals surface area contributed by atoms with Gasteiger partial charge in [-0.3, -0.25) is 4.79 Å². The average molecular weight is 538 g/mol. The zero-order chi connectivity index (χ0) is 26.7. The minimum absolute atomic E-state index is 0.195. The van der Waals surface area contributed by atoms with E-state index in [2.05, 4.69) is 9.97 Å². The summed E-state index contributed by atoms with van der Waals surface area (Å²) in [5.74, 6) is 1.29. The van der Waals surface area contributed by atoms with Crippen molar-refractivity contribution in [1.82, 2.24) is 29.4 Å². The largest absolute Gasteiger partial charge is 0.457 e. The molecule has 13 heteroatoms. The Hall–Kier alpha value is -4.07. The van der Waals surface area contributed by atoms with E-state index in [-0.39, 0.29) is 6.04 Å². The number of fused-ring (bicyclic) bond motifs is 1. The van der Waals surface area contributed by atoms with Crippen molar-refractivity contribution in [3.8, 4) is 22.8 Å². The maximum atomic E-state index is 12.7. The number of amides is 1. The number of nitrogens with two attached hydrogens (primary N) is 1. The minimum atomic E-state index is -3.96. The van der Waals surface area contributed by atoms with Gasteiger partial charge in [0.25, 0.3) is 0 Å². The summed E-state index contributed by atoms with van der Waals surface area (Å²) in [5, 5.41) is 5.49. The van der Waals surface area contributed by atoms with E-state index in [4.69, 9.17) is 19.8 Å². The Kier molecular flexibility index (Phi) is 7.22. The monoisotopic (exact) mass is 537 g/mol. The van der Waals surface area contributed by atoms with Crippen LogP contribution in [-0.4, -0.2) is 65.7 Å². The summed E-state index contributed by atoms with van der Waals surface area (Å²) in [6.07, 6.45) is 2.85. The quantitative estimate of drug-likeness (QED) is 0.345. The van der Waals surface area contributed by atoms with Crippen molar-refractivity contribution in [3.05, 3.63) is 60.9 Å². The molecule has 1 fully saturated rings. The second kappa shape index (κ2) is 10.7. The van der Waals surface area contributed by atoms with Gasteiger partial charge in [-0.05, 0) is 49.2 Å². The van der Waals surface area contributed by atoms with Gasteiger partial charge in [0.15, 0.2) is 5.65 Å². The minimum Gasteiger partial charge on any atom is -0.457 e. The molecule has 0 aliphatic carbocycles.